The Balaban J connectivity index is 1.36. The van der Waals surface area contributed by atoms with E-state index in [1.54, 1.807) is 4.90 Å². The van der Waals surface area contributed by atoms with Crippen LogP contribution in [0, 0.1) is 0 Å². The predicted octanol–water partition coefficient (Wildman–Crippen LogP) is 2.77. The van der Waals surface area contributed by atoms with Gasteiger partial charge in [-0.1, -0.05) is 24.3 Å². The number of carbonyl (C=O) groups is 2. The van der Waals surface area contributed by atoms with Crippen LogP contribution in [-0.2, 0) is 27.3 Å². The Kier molecular flexibility index (Phi) is 5.58. The molecule has 0 radical (unpaired) electrons. The average Bonchev–Trinajstić information content (AvgIpc) is 3.27. The fourth-order valence-corrected chi connectivity index (χ4v) is 3.61. The molecule has 1 N–H and O–H groups in total. The summed E-state index contributed by atoms with van der Waals surface area (Å²) in [5.74, 6) is 0.549. The molecule has 4 rings (SSSR count). The van der Waals surface area contributed by atoms with Gasteiger partial charge in [-0.15, -0.1) is 0 Å². The van der Waals surface area contributed by atoms with Crippen molar-refractivity contribution in [2.75, 3.05) is 25.1 Å². The van der Waals surface area contributed by atoms with E-state index in [0.29, 0.717) is 25.4 Å². The van der Waals surface area contributed by atoms with Gasteiger partial charge in [-0.3, -0.25) is 9.59 Å². The summed E-state index contributed by atoms with van der Waals surface area (Å²) < 4.78 is 11.0. The summed E-state index contributed by atoms with van der Waals surface area (Å²) in [5.41, 5.74) is 3.02. The first-order chi connectivity index (χ1) is 13.7. The third-order valence-electron chi connectivity index (χ3n) is 5.17. The van der Waals surface area contributed by atoms with Gasteiger partial charge in [0.15, 0.2) is 6.61 Å². The van der Waals surface area contributed by atoms with E-state index in [-0.39, 0.29) is 24.5 Å². The Morgan fingerprint density at radius 2 is 2.00 bits per heavy atom. The van der Waals surface area contributed by atoms with Crippen LogP contribution in [-0.4, -0.2) is 42.6 Å². The molecule has 0 aliphatic carbocycles. The summed E-state index contributed by atoms with van der Waals surface area (Å²) in [6.07, 6.45) is 2.13. The number of ether oxygens (including phenoxy) is 2. The van der Waals surface area contributed by atoms with Crippen molar-refractivity contribution in [2.45, 2.75) is 31.9 Å². The van der Waals surface area contributed by atoms with Gasteiger partial charge in [-0.05, 0) is 54.7 Å². The van der Waals surface area contributed by atoms with Crippen LogP contribution in [0.2, 0.25) is 0 Å². The molecule has 2 aliphatic heterocycles. The highest BCUT2D eigenvalue weighted by Gasteiger charge is 2.25. The number of anilines is 1. The molecule has 0 unspecified atom stereocenters. The van der Waals surface area contributed by atoms with Gasteiger partial charge >= 0.3 is 0 Å². The average molecular weight is 380 g/mol. The highest BCUT2D eigenvalue weighted by atomic mass is 16.5. The monoisotopic (exact) mass is 380 g/mol. The lowest BCUT2D eigenvalue weighted by Gasteiger charge is -2.29. The number of hydrogen-bond donors (Lipinski definition) is 1. The minimum Gasteiger partial charge on any atom is -0.484 e. The topological polar surface area (TPSA) is 67.9 Å². The summed E-state index contributed by atoms with van der Waals surface area (Å²) in [5, 5.41) is 2.93. The number of carbonyl (C=O) groups excluding carboxylic acids is 2. The van der Waals surface area contributed by atoms with Gasteiger partial charge in [0.25, 0.3) is 11.8 Å². The maximum absolute atomic E-state index is 12.5. The zero-order chi connectivity index (χ0) is 19.3. The normalized spacial score (nSPS) is 18.4. The third-order valence-corrected chi connectivity index (χ3v) is 5.17. The third kappa shape index (κ3) is 4.34. The Morgan fingerprint density at radius 1 is 1.14 bits per heavy atom. The van der Waals surface area contributed by atoms with Crippen LogP contribution in [0.4, 0.5) is 5.69 Å². The Morgan fingerprint density at radius 3 is 2.79 bits per heavy atom. The van der Waals surface area contributed by atoms with E-state index in [1.165, 1.54) is 5.56 Å². The highest BCUT2D eigenvalue weighted by molar-refractivity contribution is 5.94. The van der Waals surface area contributed by atoms with Crippen molar-refractivity contribution >= 4 is 17.5 Å². The second-order valence-electron chi connectivity index (χ2n) is 7.14. The molecule has 6 heteroatoms. The summed E-state index contributed by atoms with van der Waals surface area (Å²) in [6, 6.07) is 15.2. The number of benzene rings is 2. The molecule has 0 aromatic heterocycles. The predicted molar refractivity (Wildman–Crippen MR) is 105 cm³/mol. The lowest BCUT2D eigenvalue weighted by atomic mass is 9.99. The van der Waals surface area contributed by atoms with Crippen LogP contribution in [0.25, 0.3) is 0 Å². The van der Waals surface area contributed by atoms with E-state index in [9.17, 15) is 9.59 Å². The number of amides is 2. The number of nitrogens with zero attached hydrogens (tertiary/aromatic N) is 1. The molecule has 28 heavy (non-hydrogen) atoms. The molecular weight excluding hydrogens is 356 g/mol. The van der Waals surface area contributed by atoms with Crippen molar-refractivity contribution in [1.82, 2.24) is 4.90 Å². The van der Waals surface area contributed by atoms with Crippen molar-refractivity contribution in [3.63, 3.8) is 0 Å². The molecule has 6 nitrogen and oxygen atoms in total. The minimum atomic E-state index is -0.357. The first-order valence-electron chi connectivity index (χ1n) is 9.69. The number of fused-ring (bicyclic) bond motifs is 1. The van der Waals surface area contributed by atoms with Crippen molar-refractivity contribution in [3.8, 4) is 5.75 Å². The molecule has 2 aromatic carbocycles. The van der Waals surface area contributed by atoms with E-state index in [4.69, 9.17) is 9.47 Å². The fraction of sp³-hybridized carbons (Fsp3) is 0.364. The molecule has 1 saturated heterocycles. The van der Waals surface area contributed by atoms with Crippen molar-refractivity contribution < 1.29 is 19.1 Å². The lowest BCUT2D eigenvalue weighted by molar-refractivity contribution is -0.134. The second-order valence-corrected chi connectivity index (χ2v) is 7.14. The molecule has 146 valence electrons. The first-order valence-corrected chi connectivity index (χ1v) is 9.69. The number of rotatable bonds is 5. The minimum absolute atomic E-state index is 0.0226. The molecule has 2 heterocycles. The first kappa shape index (κ1) is 18.5. The van der Waals surface area contributed by atoms with Gasteiger partial charge < -0.3 is 19.7 Å². The summed E-state index contributed by atoms with van der Waals surface area (Å²) in [4.78, 5) is 26.6. The smallest absolute Gasteiger partial charge is 0.260 e. The van der Waals surface area contributed by atoms with Crippen molar-refractivity contribution in [2.24, 2.45) is 0 Å². The van der Waals surface area contributed by atoms with E-state index in [1.807, 2.05) is 48.5 Å². The number of hydrogen-bond acceptors (Lipinski definition) is 4. The summed E-state index contributed by atoms with van der Waals surface area (Å²) in [6.45, 7) is 1.86. The quantitative estimate of drug-likeness (QED) is 0.866. The SMILES string of the molecule is O=C(Nc1ccc2c(c1)CN(C(=O)COc1ccccc1)CC2)[C@H]1CCCO1. The van der Waals surface area contributed by atoms with E-state index in [2.05, 4.69) is 5.32 Å². The van der Waals surface area contributed by atoms with Gasteiger partial charge in [0.1, 0.15) is 11.9 Å². The van der Waals surface area contributed by atoms with Crippen LogP contribution in [0.15, 0.2) is 48.5 Å². The Labute approximate surface area is 164 Å². The Bertz CT molecular complexity index is 847. The standard InChI is InChI=1S/C22H24N2O4/c25-21(15-28-19-5-2-1-3-6-19)24-11-10-16-8-9-18(13-17(16)14-24)23-22(26)20-7-4-12-27-20/h1-3,5-6,8-9,13,20H,4,7,10-12,14-15H2,(H,23,26)/t20-/m1/s1. The fourth-order valence-electron chi connectivity index (χ4n) is 3.61. The number of nitrogens with one attached hydrogen (secondary N) is 1. The molecule has 0 bridgehead atoms. The van der Waals surface area contributed by atoms with Crippen LogP contribution in [0.1, 0.15) is 24.0 Å². The van der Waals surface area contributed by atoms with E-state index < -0.39 is 0 Å². The molecule has 0 saturated carbocycles. The van der Waals surface area contributed by atoms with Gasteiger partial charge in [0.05, 0.1) is 0 Å². The highest BCUT2D eigenvalue weighted by Crippen LogP contribution is 2.24. The van der Waals surface area contributed by atoms with Crippen LogP contribution in [0.5, 0.6) is 5.75 Å². The van der Waals surface area contributed by atoms with E-state index in [0.717, 1.165) is 30.5 Å². The molecular formula is C22H24N2O4. The molecule has 0 spiro atoms. The van der Waals surface area contributed by atoms with E-state index >= 15 is 0 Å². The molecule has 1 fully saturated rings. The second kappa shape index (κ2) is 8.44. The van der Waals surface area contributed by atoms with Gasteiger partial charge in [0.2, 0.25) is 0 Å². The number of para-hydroxylation sites is 1. The van der Waals surface area contributed by atoms with Crippen LogP contribution >= 0.6 is 0 Å². The maximum Gasteiger partial charge on any atom is 0.260 e. The lowest BCUT2D eigenvalue weighted by Crippen LogP contribution is -2.38. The van der Waals surface area contributed by atoms with Crippen molar-refractivity contribution in [3.05, 3.63) is 59.7 Å². The zero-order valence-electron chi connectivity index (χ0n) is 15.7. The molecule has 1 atom stereocenters. The molecule has 2 aliphatic rings. The van der Waals surface area contributed by atoms with Gasteiger partial charge in [-0.2, -0.15) is 0 Å². The Hall–Kier alpha value is -2.86. The summed E-state index contributed by atoms with van der Waals surface area (Å²) >= 11 is 0. The zero-order valence-corrected chi connectivity index (χ0v) is 15.7. The van der Waals surface area contributed by atoms with Crippen LogP contribution in [0.3, 0.4) is 0 Å². The maximum atomic E-state index is 12.5. The van der Waals surface area contributed by atoms with Crippen molar-refractivity contribution in [1.29, 1.82) is 0 Å². The molecule has 2 amide bonds. The summed E-state index contributed by atoms with van der Waals surface area (Å²) in [7, 11) is 0. The van der Waals surface area contributed by atoms with Gasteiger partial charge in [-0.25, -0.2) is 0 Å². The van der Waals surface area contributed by atoms with Gasteiger partial charge in [0, 0.05) is 25.4 Å². The van der Waals surface area contributed by atoms with Crippen LogP contribution < -0.4 is 10.1 Å². The largest absolute Gasteiger partial charge is 0.484 e. The molecule has 2 aromatic rings.